The first-order valence-electron chi connectivity index (χ1n) is 9.12. The first kappa shape index (κ1) is 19.9. The minimum Gasteiger partial charge on any atom is -0.355 e. The van der Waals surface area contributed by atoms with Crippen LogP contribution >= 0.6 is 0 Å². The van der Waals surface area contributed by atoms with E-state index in [1.807, 2.05) is 6.07 Å². The van der Waals surface area contributed by atoms with Crippen LogP contribution in [0.25, 0.3) is 0 Å². The molecule has 0 heterocycles. The molecule has 25 heavy (non-hydrogen) atoms. The maximum absolute atomic E-state index is 12.4. The van der Waals surface area contributed by atoms with Gasteiger partial charge in [0.1, 0.15) is 0 Å². The Labute approximate surface area is 150 Å². The van der Waals surface area contributed by atoms with Crippen LogP contribution in [0.2, 0.25) is 0 Å². The highest BCUT2D eigenvalue weighted by Crippen LogP contribution is 2.23. The molecule has 0 aliphatic heterocycles. The van der Waals surface area contributed by atoms with E-state index in [1.165, 1.54) is 12.0 Å². The molecule has 1 aromatic rings. The Morgan fingerprint density at radius 2 is 1.80 bits per heavy atom. The Hall–Kier alpha value is -1.44. The number of carbonyl (C=O) groups is 1. The molecule has 2 rings (SSSR count). The molecule has 0 fully saturated rings. The SMILES string of the molecule is CCCNCCNC(=O)CCNS(=O)(=O)c1ccc2c(c1)CCCC2. The average molecular weight is 368 g/mol. The number of fused-ring (bicyclic) bond motifs is 1. The zero-order valence-corrected chi connectivity index (χ0v) is 15.8. The zero-order valence-electron chi connectivity index (χ0n) is 14.9. The molecule has 0 radical (unpaired) electrons. The molecule has 0 atom stereocenters. The average Bonchev–Trinajstić information content (AvgIpc) is 2.61. The summed E-state index contributed by atoms with van der Waals surface area (Å²) < 4.78 is 27.3. The number of sulfonamides is 1. The monoisotopic (exact) mass is 367 g/mol. The molecule has 0 spiro atoms. The number of rotatable bonds is 10. The molecule has 0 unspecified atom stereocenters. The van der Waals surface area contributed by atoms with Gasteiger partial charge in [0.15, 0.2) is 0 Å². The Kier molecular flexibility index (Phi) is 7.87. The van der Waals surface area contributed by atoms with Gasteiger partial charge in [-0.2, -0.15) is 0 Å². The summed E-state index contributed by atoms with van der Waals surface area (Å²) in [5.41, 5.74) is 2.38. The lowest BCUT2D eigenvalue weighted by molar-refractivity contribution is -0.120. The van der Waals surface area contributed by atoms with Gasteiger partial charge >= 0.3 is 0 Å². The second kappa shape index (κ2) is 9.89. The quantitative estimate of drug-likeness (QED) is 0.545. The second-order valence-electron chi connectivity index (χ2n) is 6.39. The van der Waals surface area contributed by atoms with E-state index in [1.54, 1.807) is 12.1 Å². The van der Waals surface area contributed by atoms with Gasteiger partial charge in [0.2, 0.25) is 15.9 Å². The number of carbonyl (C=O) groups excluding carboxylic acids is 1. The van der Waals surface area contributed by atoms with Crippen molar-refractivity contribution in [1.82, 2.24) is 15.4 Å². The van der Waals surface area contributed by atoms with Crippen LogP contribution in [0.15, 0.2) is 23.1 Å². The summed E-state index contributed by atoms with van der Waals surface area (Å²) >= 11 is 0. The van der Waals surface area contributed by atoms with Crippen LogP contribution in [0.3, 0.4) is 0 Å². The molecule has 0 aromatic heterocycles. The molecule has 140 valence electrons. The molecule has 6 nitrogen and oxygen atoms in total. The van der Waals surface area contributed by atoms with Crippen LogP contribution in [0.1, 0.15) is 43.7 Å². The van der Waals surface area contributed by atoms with Gasteiger partial charge in [-0.05, 0) is 61.9 Å². The third kappa shape index (κ3) is 6.41. The van der Waals surface area contributed by atoms with Crippen molar-refractivity contribution in [2.75, 3.05) is 26.2 Å². The lowest BCUT2D eigenvalue weighted by atomic mass is 9.92. The van der Waals surface area contributed by atoms with E-state index in [0.717, 1.165) is 44.3 Å². The topological polar surface area (TPSA) is 87.3 Å². The summed E-state index contributed by atoms with van der Waals surface area (Å²) in [6.45, 7) is 4.39. The first-order valence-corrected chi connectivity index (χ1v) is 10.6. The molecular weight excluding hydrogens is 338 g/mol. The van der Waals surface area contributed by atoms with E-state index in [2.05, 4.69) is 22.3 Å². The summed E-state index contributed by atoms with van der Waals surface area (Å²) in [6, 6.07) is 5.35. The van der Waals surface area contributed by atoms with E-state index in [9.17, 15) is 13.2 Å². The van der Waals surface area contributed by atoms with Crippen molar-refractivity contribution in [3.05, 3.63) is 29.3 Å². The van der Waals surface area contributed by atoms with Crippen LogP contribution < -0.4 is 15.4 Å². The van der Waals surface area contributed by atoms with Gasteiger partial charge < -0.3 is 10.6 Å². The third-order valence-corrected chi connectivity index (χ3v) is 5.78. The highest BCUT2D eigenvalue weighted by Gasteiger charge is 2.17. The van der Waals surface area contributed by atoms with Gasteiger partial charge in [0.05, 0.1) is 4.90 Å². The Balaban J connectivity index is 1.77. The van der Waals surface area contributed by atoms with E-state index in [0.29, 0.717) is 6.54 Å². The predicted octanol–water partition coefficient (Wildman–Crippen LogP) is 1.35. The molecule has 1 aliphatic rings. The van der Waals surface area contributed by atoms with Crippen LogP contribution in [0.4, 0.5) is 0 Å². The summed E-state index contributed by atoms with van der Waals surface area (Å²) in [7, 11) is -3.56. The van der Waals surface area contributed by atoms with Crippen molar-refractivity contribution < 1.29 is 13.2 Å². The van der Waals surface area contributed by atoms with Crippen LogP contribution in [-0.2, 0) is 27.7 Å². The maximum Gasteiger partial charge on any atom is 0.240 e. The lowest BCUT2D eigenvalue weighted by Gasteiger charge is -2.16. The van der Waals surface area contributed by atoms with E-state index in [-0.39, 0.29) is 23.8 Å². The van der Waals surface area contributed by atoms with E-state index >= 15 is 0 Å². The van der Waals surface area contributed by atoms with Crippen molar-refractivity contribution in [1.29, 1.82) is 0 Å². The van der Waals surface area contributed by atoms with Gasteiger partial charge in [-0.1, -0.05) is 13.0 Å². The minimum absolute atomic E-state index is 0.105. The largest absolute Gasteiger partial charge is 0.355 e. The number of amides is 1. The number of hydrogen-bond acceptors (Lipinski definition) is 4. The summed E-state index contributed by atoms with van der Waals surface area (Å²) in [4.78, 5) is 12.0. The highest BCUT2D eigenvalue weighted by molar-refractivity contribution is 7.89. The zero-order chi connectivity index (χ0) is 18.1. The summed E-state index contributed by atoms with van der Waals surface area (Å²) in [6.07, 6.45) is 5.43. The van der Waals surface area contributed by atoms with Crippen LogP contribution in [-0.4, -0.2) is 40.5 Å². The molecule has 0 bridgehead atoms. The minimum atomic E-state index is -3.56. The molecule has 1 aromatic carbocycles. The first-order chi connectivity index (χ1) is 12.0. The lowest BCUT2D eigenvalue weighted by Crippen LogP contribution is -2.34. The Bertz CT molecular complexity index is 674. The summed E-state index contributed by atoms with van der Waals surface area (Å²) in [5, 5.41) is 5.96. The van der Waals surface area contributed by atoms with Gasteiger partial charge in [-0.15, -0.1) is 0 Å². The van der Waals surface area contributed by atoms with E-state index in [4.69, 9.17) is 0 Å². The van der Waals surface area contributed by atoms with Crippen LogP contribution in [0, 0.1) is 0 Å². The van der Waals surface area contributed by atoms with Gasteiger partial charge in [-0.3, -0.25) is 4.79 Å². The molecule has 7 heteroatoms. The predicted molar refractivity (Wildman–Crippen MR) is 99.1 cm³/mol. The second-order valence-corrected chi connectivity index (χ2v) is 8.15. The fourth-order valence-electron chi connectivity index (χ4n) is 2.94. The number of aryl methyl sites for hydroxylation is 2. The molecule has 0 saturated heterocycles. The molecule has 0 saturated carbocycles. The standard InChI is InChI=1S/C18H29N3O3S/c1-2-10-19-12-13-20-18(22)9-11-21-25(23,24)17-8-7-15-5-3-4-6-16(15)14-17/h7-8,14,19,21H,2-6,9-13H2,1H3,(H,20,22). The van der Waals surface area contributed by atoms with Crippen LogP contribution in [0.5, 0.6) is 0 Å². The number of hydrogen-bond donors (Lipinski definition) is 3. The summed E-state index contributed by atoms with van der Waals surface area (Å²) in [5.74, 6) is -0.147. The van der Waals surface area contributed by atoms with Crippen molar-refractivity contribution in [2.24, 2.45) is 0 Å². The fraction of sp³-hybridized carbons (Fsp3) is 0.611. The third-order valence-electron chi connectivity index (χ3n) is 4.33. The van der Waals surface area contributed by atoms with Crippen molar-refractivity contribution in [2.45, 2.75) is 50.3 Å². The Morgan fingerprint density at radius 3 is 2.56 bits per heavy atom. The molecule has 3 N–H and O–H groups in total. The molecule has 1 aliphatic carbocycles. The molecular formula is C18H29N3O3S. The van der Waals surface area contributed by atoms with Gasteiger partial charge in [0.25, 0.3) is 0 Å². The normalized spacial score (nSPS) is 14.1. The molecule has 1 amide bonds. The highest BCUT2D eigenvalue weighted by atomic mass is 32.2. The maximum atomic E-state index is 12.4. The van der Waals surface area contributed by atoms with Gasteiger partial charge in [-0.25, -0.2) is 13.1 Å². The Morgan fingerprint density at radius 1 is 1.04 bits per heavy atom. The van der Waals surface area contributed by atoms with E-state index < -0.39 is 10.0 Å². The van der Waals surface area contributed by atoms with Gasteiger partial charge in [0, 0.05) is 26.1 Å². The van der Waals surface area contributed by atoms with Crippen molar-refractivity contribution >= 4 is 15.9 Å². The van der Waals surface area contributed by atoms with Crippen molar-refractivity contribution in [3.8, 4) is 0 Å². The van der Waals surface area contributed by atoms with Crippen molar-refractivity contribution in [3.63, 3.8) is 0 Å². The number of benzene rings is 1. The fourth-order valence-corrected chi connectivity index (χ4v) is 4.02. The smallest absolute Gasteiger partial charge is 0.240 e. The number of nitrogens with one attached hydrogen (secondary N) is 3.